The Hall–Kier alpha value is -2.86. The van der Waals surface area contributed by atoms with E-state index in [4.69, 9.17) is 9.47 Å². The van der Waals surface area contributed by atoms with Crippen LogP contribution in [0.2, 0.25) is 0 Å². The number of pyridine rings is 1. The van der Waals surface area contributed by atoms with Crippen molar-refractivity contribution in [3.63, 3.8) is 0 Å². The summed E-state index contributed by atoms with van der Waals surface area (Å²) in [6.07, 6.45) is -5.45. The molecule has 1 aliphatic rings. The number of aromatic amines is 1. The van der Waals surface area contributed by atoms with Gasteiger partial charge in [0.05, 0.1) is 24.2 Å². The summed E-state index contributed by atoms with van der Waals surface area (Å²) in [6.45, 7) is 6.27. The average Bonchev–Trinajstić information content (AvgIpc) is 3.14. The summed E-state index contributed by atoms with van der Waals surface area (Å²) in [7, 11) is 0. The highest BCUT2D eigenvalue weighted by Crippen LogP contribution is 2.42. The molecular weight excluding hydrogens is 451 g/mol. The normalized spacial score (nSPS) is 17.9. The molecule has 1 aromatic carbocycles. The number of alkyl halides is 3. The second-order valence-electron chi connectivity index (χ2n) is 6.86. The zero-order chi connectivity index (χ0) is 23.0. The van der Waals surface area contributed by atoms with E-state index < -0.39 is 23.6 Å². The van der Waals surface area contributed by atoms with Gasteiger partial charge in [0.15, 0.2) is 28.8 Å². The largest absolute Gasteiger partial charge is 0.609 e. The van der Waals surface area contributed by atoms with Gasteiger partial charge in [-0.25, -0.2) is 0 Å². The summed E-state index contributed by atoms with van der Waals surface area (Å²) in [5, 5.41) is 0.0775. The Morgan fingerprint density at radius 3 is 2.62 bits per heavy atom. The predicted molar refractivity (Wildman–Crippen MR) is 109 cm³/mol. The van der Waals surface area contributed by atoms with Crippen molar-refractivity contribution in [1.29, 1.82) is 0 Å². The molecule has 3 heterocycles. The number of aryl methyl sites for hydroxylation is 1. The van der Waals surface area contributed by atoms with Crippen LogP contribution in [0.5, 0.6) is 23.0 Å². The zero-order valence-electron chi connectivity index (χ0n) is 17.4. The number of nitrogens with one attached hydrogen (secondary N) is 1. The minimum Gasteiger partial charge on any atom is -0.609 e. The molecule has 12 heteroatoms. The van der Waals surface area contributed by atoms with Crippen LogP contribution in [0.15, 0.2) is 23.5 Å². The Morgan fingerprint density at radius 1 is 1.19 bits per heavy atom. The first-order chi connectivity index (χ1) is 15.2. The molecule has 0 saturated heterocycles. The summed E-state index contributed by atoms with van der Waals surface area (Å²) in [5.74, 6) is 0.335. The van der Waals surface area contributed by atoms with E-state index in [9.17, 15) is 17.7 Å². The number of rotatable bonds is 7. The molecule has 0 aliphatic carbocycles. The molecule has 3 aromatic rings. The molecule has 172 valence electrons. The van der Waals surface area contributed by atoms with E-state index in [1.165, 1.54) is 12.1 Å². The zero-order valence-corrected chi connectivity index (χ0v) is 18.2. The van der Waals surface area contributed by atoms with Crippen LogP contribution in [0, 0.1) is 6.92 Å². The molecule has 0 fully saturated rings. The molecule has 4 rings (SSSR count). The van der Waals surface area contributed by atoms with Crippen LogP contribution in [0.3, 0.4) is 0 Å². The van der Waals surface area contributed by atoms with Gasteiger partial charge in [0, 0.05) is 35.1 Å². The van der Waals surface area contributed by atoms with E-state index in [0.717, 1.165) is 5.56 Å². The van der Waals surface area contributed by atoms with Crippen molar-refractivity contribution in [3.05, 3.63) is 29.6 Å². The number of nitrogens with zero attached hydrogens (tertiary/aromatic N) is 2. The summed E-state index contributed by atoms with van der Waals surface area (Å²) < 4.78 is 73.7. The Morgan fingerprint density at radius 2 is 1.91 bits per heavy atom. The minimum absolute atomic E-state index is 0.0349. The number of H-pyrrole nitrogens is 1. The van der Waals surface area contributed by atoms with Crippen molar-refractivity contribution >= 4 is 22.2 Å². The first kappa shape index (κ1) is 22.3. The summed E-state index contributed by atoms with van der Waals surface area (Å²) in [5.41, 5.74) is 1.73. The molecule has 2 aromatic heterocycles. The van der Waals surface area contributed by atoms with Crippen LogP contribution in [-0.4, -0.2) is 45.2 Å². The third-order valence-electron chi connectivity index (χ3n) is 4.57. The molecule has 0 saturated carbocycles. The Labute approximate surface area is 184 Å². The monoisotopic (exact) mass is 471 g/mol. The van der Waals surface area contributed by atoms with Crippen LogP contribution < -0.4 is 18.9 Å². The molecule has 0 spiro atoms. The van der Waals surface area contributed by atoms with Gasteiger partial charge in [-0.2, -0.15) is 18.2 Å². The van der Waals surface area contributed by atoms with E-state index in [1.807, 2.05) is 20.8 Å². The van der Waals surface area contributed by atoms with Gasteiger partial charge in [0.25, 0.3) is 0 Å². The molecule has 32 heavy (non-hydrogen) atoms. The summed E-state index contributed by atoms with van der Waals surface area (Å²) >= 11 is -1.69. The minimum atomic E-state index is -4.12. The van der Waals surface area contributed by atoms with Crippen LogP contribution in [0.4, 0.5) is 13.2 Å². The average molecular weight is 471 g/mol. The number of halogens is 3. The molecule has 0 bridgehead atoms. The smallest absolute Gasteiger partial charge is 0.468 e. The quantitative estimate of drug-likeness (QED) is 0.519. The van der Waals surface area contributed by atoms with Crippen LogP contribution in [-0.2, 0) is 16.9 Å². The third-order valence-corrected chi connectivity index (χ3v) is 5.73. The van der Waals surface area contributed by atoms with Gasteiger partial charge in [-0.15, -0.1) is 0 Å². The lowest BCUT2D eigenvalue weighted by Crippen LogP contribution is -2.43. The third kappa shape index (κ3) is 4.11. The first-order valence-corrected chi connectivity index (χ1v) is 11.1. The standard InChI is InChI=1S/C20H20F3N3O5S/c1-4-28-16-10(3)8-24-13(17(16)29-5-2)9-32(27)19-25-11-6-14-15(7-12(11)26-19)31-20(22,23)18(21)30-14/h6-8,18H,4-5,9H2,1-3H3,(H,25,26). The van der Waals surface area contributed by atoms with Crippen LogP contribution in [0.25, 0.3) is 11.0 Å². The van der Waals surface area contributed by atoms with E-state index in [-0.39, 0.29) is 27.9 Å². The Bertz CT molecular complexity index is 1140. The molecule has 2 unspecified atom stereocenters. The van der Waals surface area contributed by atoms with Gasteiger partial charge in [-0.05, 0) is 20.8 Å². The number of ether oxygens (including phenoxy) is 4. The highest BCUT2D eigenvalue weighted by molar-refractivity contribution is 7.90. The molecule has 8 nitrogen and oxygen atoms in total. The number of hydrogen-bond acceptors (Lipinski definition) is 7. The number of benzene rings is 1. The van der Waals surface area contributed by atoms with Gasteiger partial charge in [0.1, 0.15) is 5.69 Å². The Kier molecular flexibility index (Phi) is 5.99. The highest BCUT2D eigenvalue weighted by Gasteiger charge is 2.49. The molecule has 1 N–H and O–H groups in total. The number of aromatic nitrogens is 3. The van der Waals surface area contributed by atoms with E-state index >= 15 is 0 Å². The molecule has 1 aliphatic heterocycles. The summed E-state index contributed by atoms with van der Waals surface area (Å²) in [4.78, 5) is 11.4. The lowest BCUT2D eigenvalue weighted by atomic mass is 10.2. The molecular formula is C20H20F3N3O5S. The van der Waals surface area contributed by atoms with Gasteiger partial charge >= 0.3 is 17.6 Å². The van der Waals surface area contributed by atoms with Crippen LogP contribution in [0.1, 0.15) is 25.1 Å². The Balaban J connectivity index is 1.64. The maximum atomic E-state index is 13.4. The lowest BCUT2D eigenvalue weighted by molar-refractivity contribution is -0.281. The number of imidazole rings is 1. The van der Waals surface area contributed by atoms with Crippen LogP contribution >= 0.6 is 0 Å². The highest BCUT2D eigenvalue weighted by atomic mass is 32.2. The SMILES string of the molecule is CCOc1c(C)cnc(C[S+]([O-])c2nc3cc4c(cc3[nH]2)OC(F)C(F)(F)O4)c1OCC. The fourth-order valence-electron chi connectivity index (χ4n) is 3.16. The second-order valence-corrected chi connectivity index (χ2v) is 8.22. The van der Waals surface area contributed by atoms with Gasteiger partial charge in [-0.3, -0.25) is 9.97 Å². The van der Waals surface area contributed by atoms with Crippen molar-refractivity contribution in [1.82, 2.24) is 15.0 Å². The first-order valence-electron chi connectivity index (χ1n) is 9.77. The van der Waals surface area contributed by atoms with Crippen molar-refractivity contribution in [2.75, 3.05) is 13.2 Å². The predicted octanol–water partition coefficient (Wildman–Crippen LogP) is 4.03. The maximum Gasteiger partial charge on any atom is 0.468 e. The van der Waals surface area contributed by atoms with Gasteiger partial charge in [0.2, 0.25) is 0 Å². The molecule has 0 radical (unpaired) electrons. The lowest BCUT2D eigenvalue weighted by Gasteiger charge is -2.28. The van der Waals surface area contributed by atoms with Crippen molar-refractivity contribution < 1.29 is 36.7 Å². The van der Waals surface area contributed by atoms with Crippen molar-refractivity contribution in [2.24, 2.45) is 0 Å². The maximum absolute atomic E-state index is 13.4. The van der Waals surface area contributed by atoms with E-state index in [2.05, 4.69) is 24.4 Å². The second kappa shape index (κ2) is 8.58. The number of hydrogen-bond donors (Lipinski definition) is 1. The fraction of sp³-hybridized carbons (Fsp3) is 0.400. The van der Waals surface area contributed by atoms with E-state index in [1.54, 1.807) is 6.20 Å². The van der Waals surface area contributed by atoms with Gasteiger partial charge < -0.3 is 23.5 Å². The van der Waals surface area contributed by atoms with Gasteiger partial charge in [-0.1, -0.05) is 0 Å². The summed E-state index contributed by atoms with van der Waals surface area (Å²) in [6, 6.07) is 2.44. The number of fused-ring (bicyclic) bond motifs is 2. The fourth-order valence-corrected chi connectivity index (χ4v) is 4.18. The van der Waals surface area contributed by atoms with Crippen molar-refractivity contribution in [3.8, 4) is 23.0 Å². The van der Waals surface area contributed by atoms with E-state index in [0.29, 0.717) is 35.9 Å². The topological polar surface area (TPSA) is 102 Å². The molecule has 2 atom stereocenters. The van der Waals surface area contributed by atoms with Crippen molar-refractivity contribution in [2.45, 2.75) is 44.1 Å². The molecule has 0 amide bonds.